The molecule has 0 amide bonds. The Kier molecular flexibility index (Phi) is 5.05. The van der Waals surface area contributed by atoms with Crippen molar-refractivity contribution in [2.45, 2.75) is 25.3 Å². The van der Waals surface area contributed by atoms with Gasteiger partial charge in [-0.25, -0.2) is 0 Å². The number of nitroso groups, excluding NO2 is 1. The number of hydrogen-bond acceptors (Lipinski definition) is 4. The number of benzene rings is 1. The second-order valence-electron chi connectivity index (χ2n) is 3.50. The Morgan fingerprint density at radius 1 is 1.31 bits per heavy atom. The minimum absolute atomic E-state index is 0.0708. The van der Waals surface area contributed by atoms with E-state index >= 15 is 0 Å². The smallest absolute Gasteiger partial charge is 0.165 e. The lowest BCUT2D eigenvalue weighted by atomic mass is 10.0. The van der Waals surface area contributed by atoms with Gasteiger partial charge in [-0.3, -0.25) is 4.79 Å². The lowest BCUT2D eigenvalue weighted by Crippen LogP contribution is -2.11. The molecule has 0 radical (unpaired) electrons. The molecule has 0 aliphatic rings. The number of aldehydes is 1. The summed E-state index contributed by atoms with van der Waals surface area (Å²) < 4.78 is 0. The zero-order valence-corrected chi connectivity index (χ0v) is 8.83. The first-order valence-electron chi connectivity index (χ1n) is 5.12. The van der Waals surface area contributed by atoms with Crippen molar-refractivity contribution in [3.8, 4) is 0 Å². The molecular formula is C12H13NO3. The largest absolute Gasteiger partial charge is 0.303 e. The van der Waals surface area contributed by atoms with Crippen LogP contribution in [0.5, 0.6) is 0 Å². The molecule has 0 bridgehead atoms. The molecular weight excluding hydrogens is 206 g/mol. The van der Waals surface area contributed by atoms with Gasteiger partial charge >= 0.3 is 0 Å². The van der Waals surface area contributed by atoms with Crippen LogP contribution in [0, 0.1) is 4.91 Å². The highest BCUT2D eigenvalue weighted by atomic mass is 16.3. The fraction of sp³-hybridized carbons (Fsp3) is 0.333. The van der Waals surface area contributed by atoms with Crippen molar-refractivity contribution in [1.29, 1.82) is 0 Å². The van der Waals surface area contributed by atoms with Crippen molar-refractivity contribution in [3.63, 3.8) is 0 Å². The Balaban J connectivity index is 2.55. The molecule has 0 N–H and O–H groups in total. The number of carbonyl (C=O) groups is 2. The van der Waals surface area contributed by atoms with Crippen LogP contribution < -0.4 is 0 Å². The molecule has 0 aromatic heterocycles. The molecule has 0 heterocycles. The van der Waals surface area contributed by atoms with Crippen molar-refractivity contribution >= 4 is 12.1 Å². The third-order valence-corrected chi connectivity index (χ3v) is 2.28. The molecule has 0 saturated heterocycles. The number of carbonyl (C=O) groups excluding carboxylic acids is 2. The lowest BCUT2D eigenvalue weighted by Gasteiger charge is -2.05. The van der Waals surface area contributed by atoms with Crippen molar-refractivity contribution in [3.05, 3.63) is 40.8 Å². The van der Waals surface area contributed by atoms with E-state index in [4.69, 9.17) is 0 Å². The van der Waals surface area contributed by atoms with Crippen molar-refractivity contribution in [1.82, 2.24) is 0 Å². The maximum atomic E-state index is 11.7. The highest BCUT2D eigenvalue weighted by molar-refractivity contribution is 5.96. The van der Waals surface area contributed by atoms with Crippen LogP contribution in [0.2, 0.25) is 0 Å². The van der Waals surface area contributed by atoms with E-state index in [1.807, 2.05) is 6.07 Å². The standard InChI is InChI=1S/C12H13NO3/c14-8-4-7-11(13-16)9-12(15)10-5-2-1-3-6-10/h1-3,5-6,8,11H,4,7,9H2. The SMILES string of the molecule is O=CCCC(CC(=O)c1ccccc1)N=O. The molecule has 0 aliphatic heterocycles. The van der Waals surface area contributed by atoms with Crippen LogP contribution in [0.15, 0.2) is 35.5 Å². The summed E-state index contributed by atoms with van der Waals surface area (Å²) in [7, 11) is 0. The van der Waals surface area contributed by atoms with Gasteiger partial charge in [0.05, 0.1) is 6.04 Å². The molecule has 1 rings (SSSR count). The Bertz CT molecular complexity index is 362. The van der Waals surface area contributed by atoms with Crippen LogP contribution in [-0.2, 0) is 4.79 Å². The van der Waals surface area contributed by atoms with Crippen LogP contribution in [0.1, 0.15) is 29.6 Å². The highest BCUT2D eigenvalue weighted by Gasteiger charge is 2.15. The van der Waals surface area contributed by atoms with Gasteiger partial charge in [0, 0.05) is 18.4 Å². The maximum Gasteiger partial charge on any atom is 0.165 e. The fourth-order valence-electron chi connectivity index (χ4n) is 1.41. The normalized spacial score (nSPS) is 11.8. The first-order valence-corrected chi connectivity index (χ1v) is 5.12. The molecule has 0 fully saturated rings. The van der Waals surface area contributed by atoms with E-state index in [9.17, 15) is 14.5 Å². The zero-order valence-electron chi connectivity index (χ0n) is 8.83. The summed E-state index contributed by atoms with van der Waals surface area (Å²) in [4.78, 5) is 32.3. The predicted octanol–water partition coefficient (Wildman–Crippen LogP) is 2.37. The van der Waals surface area contributed by atoms with Gasteiger partial charge in [0.1, 0.15) is 6.29 Å². The van der Waals surface area contributed by atoms with Gasteiger partial charge < -0.3 is 4.79 Å². The maximum absolute atomic E-state index is 11.7. The van der Waals surface area contributed by atoms with Crippen LogP contribution in [0.25, 0.3) is 0 Å². The summed E-state index contributed by atoms with van der Waals surface area (Å²) >= 11 is 0. The zero-order chi connectivity index (χ0) is 11.8. The van der Waals surface area contributed by atoms with Gasteiger partial charge in [-0.1, -0.05) is 35.5 Å². The molecule has 4 nitrogen and oxygen atoms in total. The highest BCUT2D eigenvalue weighted by Crippen LogP contribution is 2.11. The quantitative estimate of drug-likeness (QED) is 0.401. The topological polar surface area (TPSA) is 63.6 Å². The molecule has 0 saturated carbocycles. The Morgan fingerprint density at radius 2 is 2.00 bits per heavy atom. The summed E-state index contributed by atoms with van der Waals surface area (Å²) in [6.45, 7) is 0. The van der Waals surface area contributed by atoms with Crippen molar-refractivity contribution in [2.24, 2.45) is 5.18 Å². The number of Topliss-reactive ketones (excluding diaryl/α,β-unsaturated/α-hetero) is 1. The Morgan fingerprint density at radius 3 is 2.56 bits per heavy atom. The molecule has 1 aromatic carbocycles. The number of ketones is 1. The first-order chi connectivity index (χ1) is 7.77. The van der Waals surface area contributed by atoms with E-state index in [1.54, 1.807) is 24.3 Å². The number of nitrogens with zero attached hydrogens (tertiary/aromatic N) is 1. The first kappa shape index (κ1) is 12.2. The van der Waals surface area contributed by atoms with Crippen molar-refractivity contribution in [2.75, 3.05) is 0 Å². The van der Waals surface area contributed by atoms with Crippen LogP contribution >= 0.6 is 0 Å². The van der Waals surface area contributed by atoms with E-state index in [0.29, 0.717) is 12.0 Å². The van der Waals surface area contributed by atoms with E-state index in [2.05, 4.69) is 5.18 Å². The summed E-state index contributed by atoms with van der Waals surface area (Å²) in [6, 6.07) is 8.15. The summed E-state index contributed by atoms with van der Waals surface area (Å²) in [5.41, 5.74) is 0.572. The molecule has 0 aliphatic carbocycles. The number of hydrogen-bond donors (Lipinski definition) is 0. The Hall–Kier alpha value is -1.84. The van der Waals surface area contributed by atoms with Crippen molar-refractivity contribution < 1.29 is 9.59 Å². The molecule has 1 aromatic rings. The molecule has 84 valence electrons. The second-order valence-corrected chi connectivity index (χ2v) is 3.50. The Labute approximate surface area is 93.6 Å². The molecule has 1 atom stereocenters. The lowest BCUT2D eigenvalue weighted by molar-refractivity contribution is -0.108. The van der Waals surface area contributed by atoms with Gasteiger partial charge in [0.2, 0.25) is 0 Å². The van der Waals surface area contributed by atoms with Crippen LogP contribution in [0.4, 0.5) is 0 Å². The fourth-order valence-corrected chi connectivity index (χ4v) is 1.41. The van der Waals surface area contributed by atoms with E-state index in [-0.39, 0.29) is 18.6 Å². The third kappa shape index (κ3) is 3.73. The third-order valence-electron chi connectivity index (χ3n) is 2.28. The van der Waals surface area contributed by atoms with E-state index in [1.165, 1.54) is 0 Å². The molecule has 16 heavy (non-hydrogen) atoms. The average Bonchev–Trinajstić information content (AvgIpc) is 2.35. The second kappa shape index (κ2) is 6.61. The minimum atomic E-state index is -0.599. The summed E-state index contributed by atoms with van der Waals surface area (Å²) in [6.07, 6.45) is 1.40. The monoisotopic (exact) mass is 219 g/mol. The van der Waals surface area contributed by atoms with Gasteiger partial charge in [0.25, 0.3) is 0 Å². The van der Waals surface area contributed by atoms with Gasteiger partial charge in [-0.05, 0) is 6.42 Å². The molecule has 4 heteroatoms. The average molecular weight is 219 g/mol. The van der Waals surface area contributed by atoms with Crippen LogP contribution in [0.3, 0.4) is 0 Å². The van der Waals surface area contributed by atoms with E-state index in [0.717, 1.165) is 6.29 Å². The van der Waals surface area contributed by atoms with Gasteiger partial charge in [-0.2, -0.15) is 4.91 Å². The van der Waals surface area contributed by atoms with E-state index < -0.39 is 6.04 Å². The minimum Gasteiger partial charge on any atom is -0.303 e. The number of rotatable bonds is 7. The molecule has 0 spiro atoms. The predicted molar refractivity (Wildman–Crippen MR) is 60.3 cm³/mol. The van der Waals surface area contributed by atoms with Gasteiger partial charge in [-0.15, -0.1) is 0 Å². The molecule has 1 unspecified atom stereocenters. The summed E-state index contributed by atoms with van der Waals surface area (Å²) in [5.74, 6) is -0.115. The van der Waals surface area contributed by atoms with Gasteiger partial charge in [0.15, 0.2) is 5.78 Å². The van der Waals surface area contributed by atoms with Crippen LogP contribution in [-0.4, -0.2) is 18.1 Å². The summed E-state index contributed by atoms with van der Waals surface area (Å²) in [5, 5.41) is 2.86.